The Labute approximate surface area is 112 Å². The third-order valence-corrected chi connectivity index (χ3v) is 3.43. The van der Waals surface area contributed by atoms with Crippen LogP contribution in [0.4, 0.5) is 0 Å². The summed E-state index contributed by atoms with van der Waals surface area (Å²) < 4.78 is 0. The Bertz CT molecular complexity index is 492. The Morgan fingerprint density at radius 1 is 1.33 bits per heavy atom. The van der Waals surface area contributed by atoms with E-state index in [1.54, 1.807) is 11.3 Å². The van der Waals surface area contributed by atoms with Gasteiger partial charge in [-0.15, -0.1) is 11.3 Å². The standard InChI is InChI=1S/C14H19N3S/c1-10(2)15-9-12-7-11(3)16-14(17-12)8-13-5-4-6-18-13/h4-7,10,15H,8-9H2,1-3H3. The molecule has 0 amide bonds. The van der Waals surface area contributed by atoms with Crippen molar-refractivity contribution in [2.75, 3.05) is 0 Å². The average Bonchev–Trinajstić information content (AvgIpc) is 2.78. The monoisotopic (exact) mass is 261 g/mol. The number of nitrogens with zero attached hydrogens (tertiary/aromatic N) is 2. The summed E-state index contributed by atoms with van der Waals surface area (Å²) in [4.78, 5) is 10.4. The van der Waals surface area contributed by atoms with Crippen molar-refractivity contribution in [2.24, 2.45) is 0 Å². The van der Waals surface area contributed by atoms with Crippen LogP contribution in [-0.2, 0) is 13.0 Å². The molecule has 0 fully saturated rings. The van der Waals surface area contributed by atoms with E-state index < -0.39 is 0 Å². The summed E-state index contributed by atoms with van der Waals surface area (Å²) >= 11 is 1.75. The fourth-order valence-electron chi connectivity index (χ4n) is 1.75. The normalized spacial score (nSPS) is 11.1. The molecule has 96 valence electrons. The van der Waals surface area contributed by atoms with E-state index >= 15 is 0 Å². The van der Waals surface area contributed by atoms with Gasteiger partial charge in [0.25, 0.3) is 0 Å². The molecule has 0 aliphatic carbocycles. The fraction of sp³-hybridized carbons (Fsp3) is 0.429. The van der Waals surface area contributed by atoms with Crippen molar-refractivity contribution in [1.82, 2.24) is 15.3 Å². The van der Waals surface area contributed by atoms with Crippen LogP contribution in [0.25, 0.3) is 0 Å². The molecular formula is C14H19N3S. The van der Waals surface area contributed by atoms with Crippen molar-refractivity contribution in [3.8, 4) is 0 Å². The maximum absolute atomic E-state index is 4.61. The summed E-state index contributed by atoms with van der Waals surface area (Å²) in [6, 6.07) is 6.72. The predicted molar refractivity (Wildman–Crippen MR) is 75.9 cm³/mol. The molecule has 0 aromatic carbocycles. The van der Waals surface area contributed by atoms with Crippen molar-refractivity contribution in [3.63, 3.8) is 0 Å². The first-order valence-corrected chi connectivity index (χ1v) is 7.10. The Morgan fingerprint density at radius 2 is 2.17 bits per heavy atom. The zero-order valence-corrected chi connectivity index (χ0v) is 11.9. The highest BCUT2D eigenvalue weighted by atomic mass is 32.1. The summed E-state index contributed by atoms with van der Waals surface area (Å²) in [5.41, 5.74) is 2.11. The van der Waals surface area contributed by atoms with E-state index in [0.29, 0.717) is 6.04 Å². The molecule has 2 aromatic rings. The molecule has 2 aromatic heterocycles. The summed E-state index contributed by atoms with van der Waals surface area (Å²) in [6.07, 6.45) is 0.827. The van der Waals surface area contributed by atoms with Crippen LogP contribution in [0.1, 0.15) is 35.9 Å². The lowest BCUT2D eigenvalue weighted by Crippen LogP contribution is -2.23. The number of hydrogen-bond donors (Lipinski definition) is 1. The van der Waals surface area contributed by atoms with Gasteiger partial charge < -0.3 is 5.32 Å². The van der Waals surface area contributed by atoms with E-state index in [4.69, 9.17) is 0 Å². The van der Waals surface area contributed by atoms with E-state index in [1.807, 2.05) is 13.0 Å². The van der Waals surface area contributed by atoms with Crippen LogP contribution < -0.4 is 5.32 Å². The second-order valence-corrected chi connectivity index (χ2v) is 5.74. The molecule has 0 aliphatic heterocycles. The molecule has 1 N–H and O–H groups in total. The van der Waals surface area contributed by atoms with Gasteiger partial charge in [-0.05, 0) is 24.4 Å². The van der Waals surface area contributed by atoms with Gasteiger partial charge in [-0.2, -0.15) is 0 Å². The minimum absolute atomic E-state index is 0.473. The number of nitrogens with one attached hydrogen (secondary N) is 1. The summed E-state index contributed by atoms with van der Waals surface area (Å²) in [7, 11) is 0. The van der Waals surface area contributed by atoms with Crippen LogP contribution >= 0.6 is 11.3 Å². The minimum Gasteiger partial charge on any atom is -0.309 e. The number of aryl methyl sites for hydroxylation is 1. The quantitative estimate of drug-likeness (QED) is 0.899. The molecule has 0 saturated carbocycles. The third-order valence-electron chi connectivity index (χ3n) is 2.56. The van der Waals surface area contributed by atoms with Crippen LogP contribution in [0, 0.1) is 6.92 Å². The van der Waals surface area contributed by atoms with Crippen LogP contribution in [0.5, 0.6) is 0 Å². The van der Waals surface area contributed by atoms with Crippen LogP contribution in [0.2, 0.25) is 0 Å². The lowest BCUT2D eigenvalue weighted by atomic mass is 10.2. The fourth-order valence-corrected chi connectivity index (χ4v) is 2.45. The number of thiophene rings is 1. The Kier molecular flexibility index (Phi) is 4.44. The lowest BCUT2D eigenvalue weighted by Gasteiger charge is -2.09. The molecule has 0 radical (unpaired) electrons. The number of rotatable bonds is 5. The van der Waals surface area contributed by atoms with E-state index in [2.05, 4.69) is 46.6 Å². The zero-order valence-electron chi connectivity index (χ0n) is 11.1. The van der Waals surface area contributed by atoms with E-state index in [1.165, 1.54) is 4.88 Å². The van der Waals surface area contributed by atoms with Crippen molar-refractivity contribution < 1.29 is 0 Å². The average molecular weight is 261 g/mol. The maximum Gasteiger partial charge on any atom is 0.134 e. The topological polar surface area (TPSA) is 37.8 Å². The molecule has 0 aliphatic rings. The van der Waals surface area contributed by atoms with Gasteiger partial charge in [0.15, 0.2) is 0 Å². The predicted octanol–water partition coefficient (Wildman–Crippen LogP) is 2.94. The molecule has 2 rings (SSSR count). The second kappa shape index (κ2) is 6.07. The van der Waals surface area contributed by atoms with E-state index in [0.717, 1.165) is 30.2 Å². The van der Waals surface area contributed by atoms with Gasteiger partial charge in [-0.25, -0.2) is 9.97 Å². The van der Waals surface area contributed by atoms with Crippen LogP contribution in [-0.4, -0.2) is 16.0 Å². The highest BCUT2D eigenvalue weighted by Crippen LogP contribution is 2.13. The molecule has 3 nitrogen and oxygen atoms in total. The number of hydrogen-bond acceptors (Lipinski definition) is 4. The zero-order chi connectivity index (χ0) is 13.0. The molecule has 0 unspecified atom stereocenters. The SMILES string of the molecule is Cc1cc(CNC(C)C)nc(Cc2cccs2)n1. The van der Waals surface area contributed by atoms with Gasteiger partial charge in [-0.1, -0.05) is 19.9 Å². The molecule has 4 heteroatoms. The lowest BCUT2D eigenvalue weighted by molar-refractivity contribution is 0.578. The van der Waals surface area contributed by atoms with E-state index in [9.17, 15) is 0 Å². The Morgan fingerprint density at radius 3 is 2.83 bits per heavy atom. The van der Waals surface area contributed by atoms with Gasteiger partial charge in [0, 0.05) is 29.6 Å². The van der Waals surface area contributed by atoms with Gasteiger partial charge in [0.1, 0.15) is 5.82 Å². The van der Waals surface area contributed by atoms with Crippen molar-refractivity contribution in [2.45, 2.75) is 39.8 Å². The summed E-state index contributed by atoms with van der Waals surface area (Å²) in [6.45, 7) is 7.11. The molecule has 0 atom stereocenters. The van der Waals surface area contributed by atoms with Gasteiger partial charge >= 0.3 is 0 Å². The van der Waals surface area contributed by atoms with Crippen molar-refractivity contribution >= 4 is 11.3 Å². The molecule has 18 heavy (non-hydrogen) atoms. The smallest absolute Gasteiger partial charge is 0.134 e. The first kappa shape index (κ1) is 13.2. The summed E-state index contributed by atoms with van der Waals surface area (Å²) in [5, 5.41) is 5.48. The Balaban J connectivity index is 2.10. The van der Waals surface area contributed by atoms with Crippen molar-refractivity contribution in [1.29, 1.82) is 0 Å². The highest BCUT2D eigenvalue weighted by molar-refractivity contribution is 7.09. The van der Waals surface area contributed by atoms with E-state index in [-0.39, 0.29) is 0 Å². The summed E-state index contributed by atoms with van der Waals surface area (Å²) in [5.74, 6) is 0.915. The van der Waals surface area contributed by atoms with Crippen molar-refractivity contribution in [3.05, 3.63) is 45.7 Å². The first-order chi connectivity index (χ1) is 8.63. The van der Waals surface area contributed by atoms with Crippen LogP contribution in [0.15, 0.2) is 23.6 Å². The van der Waals surface area contributed by atoms with Gasteiger partial charge in [-0.3, -0.25) is 0 Å². The largest absolute Gasteiger partial charge is 0.309 e. The first-order valence-electron chi connectivity index (χ1n) is 6.22. The van der Waals surface area contributed by atoms with Gasteiger partial charge in [0.2, 0.25) is 0 Å². The third kappa shape index (κ3) is 3.89. The molecule has 0 bridgehead atoms. The molecule has 2 heterocycles. The highest BCUT2D eigenvalue weighted by Gasteiger charge is 2.05. The Hall–Kier alpha value is -1.26. The van der Waals surface area contributed by atoms with Crippen LogP contribution in [0.3, 0.4) is 0 Å². The second-order valence-electron chi connectivity index (χ2n) is 4.71. The maximum atomic E-state index is 4.61. The van der Waals surface area contributed by atoms with Gasteiger partial charge in [0.05, 0.1) is 5.69 Å². The minimum atomic E-state index is 0.473. The number of aromatic nitrogens is 2. The molecular weight excluding hydrogens is 242 g/mol. The molecule has 0 spiro atoms. The molecule has 0 saturated heterocycles.